The van der Waals surface area contributed by atoms with Gasteiger partial charge in [0.15, 0.2) is 0 Å². The molecule has 0 aliphatic carbocycles. The summed E-state index contributed by atoms with van der Waals surface area (Å²) in [6.07, 6.45) is 0. The van der Waals surface area contributed by atoms with Gasteiger partial charge in [0, 0.05) is 12.6 Å². The van der Waals surface area contributed by atoms with Crippen molar-refractivity contribution in [1.82, 2.24) is 0 Å². The molecule has 0 atom stereocenters. The molecule has 96 valence electrons. The molecule has 2 nitrogen and oxygen atoms in total. The molecule has 0 aliphatic rings. The second-order valence-electron chi connectivity index (χ2n) is 5.35. The SMILES string of the molecule is CC(C)C(C)(C)CNc1cc(F)c(Cl)cc1N. The van der Waals surface area contributed by atoms with Crippen LogP contribution in [0.25, 0.3) is 0 Å². The zero-order valence-corrected chi connectivity index (χ0v) is 11.5. The van der Waals surface area contributed by atoms with Crippen LogP contribution in [0.1, 0.15) is 27.7 Å². The van der Waals surface area contributed by atoms with Crippen molar-refractivity contribution >= 4 is 23.0 Å². The van der Waals surface area contributed by atoms with Crippen LogP contribution in [-0.4, -0.2) is 6.54 Å². The summed E-state index contributed by atoms with van der Waals surface area (Å²) in [5.41, 5.74) is 6.96. The van der Waals surface area contributed by atoms with E-state index in [4.69, 9.17) is 17.3 Å². The number of anilines is 2. The fourth-order valence-electron chi connectivity index (χ4n) is 1.24. The van der Waals surface area contributed by atoms with Crippen LogP contribution in [0, 0.1) is 17.2 Å². The molecule has 0 fully saturated rings. The normalized spacial score (nSPS) is 11.9. The molecule has 1 rings (SSSR count). The maximum Gasteiger partial charge on any atom is 0.143 e. The number of halogens is 2. The minimum absolute atomic E-state index is 0.0520. The Kier molecular flexibility index (Phi) is 4.26. The van der Waals surface area contributed by atoms with Crippen molar-refractivity contribution in [1.29, 1.82) is 0 Å². The van der Waals surface area contributed by atoms with Crippen LogP contribution in [0.3, 0.4) is 0 Å². The summed E-state index contributed by atoms with van der Waals surface area (Å²) in [6.45, 7) is 9.37. The van der Waals surface area contributed by atoms with Gasteiger partial charge in [-0.15, -0.1) is 0 Å². The molecule has 3 N–H and O–H groups in total. The van der Waals surface area contributed by atoms with E-state index in [0.717, 1.165) is 6.54 Å². The Morgan fingerprint density at radius 1 is 1.41 bits per heavy atom. The third-order valence-electron chi connectivity index (χ3n) is 3.39. The molecule has 0 aromatic heterocycles. The summed E-state index contributed by atoms with van der Waals surface area (Å²) in [5.74, 6) is 0.0686. The lowest BCUT2D eigenvalue weighted by Gasteiger charge is -2.30. The molecule has 17 heavy (non-hydrogen) atoms. The lowest BCUT2D eigenvalue weighted by Crippen LogP contribution is -2.28. The molecule has 0 radical (unpaired) electrons. The minimum Gasteiger partial charge on any atom is -0.397 e. The zero-order chi connectivity index (χ0) is 13.2. The number of nitrogens with two attached hydrogens (primary N) is 1. The molecule has 1 aromatic carbocycles. The Hall–Kier alpha value is -0.960. The monoisotopic (exact) mass is 258 g/mol. The van der Waals surface area contributed by atoms with Gasteiger partial charge >= 0.3 is 0 Å². The van der Waals surface area contributed by atoms with Crippen molar-refractivity contribution in [2.45, 2.75) is 27.7 Å². The summed E-state index contributed by atoms with van der Waals surface area (Å²) >= 11 is 5.64. The first-order chi connectivity index (χ1) is 7.74. The highest BCUT2D eigenvalue weighted by Gasteiger charge is 2.22. The molecule has 0 saturated carbocycles. The Labute approximate surface area is 107 Å². The van der Waals surface area contributed by atoms with Gasteiger partial charge in [0.1, 0.15) is 5.82 Å². The largest absolute Gasteiger partial charge is 0.397 e. The maximum atomic E-state index is 13.3. The third kappa shape index (κ3) is 3.50. The maximum absolute atomic E-state index is 13.3. The predicted octanol–water partition coefficient (Wildman–Crippen LogP) is 4.16. The summed E-state index contributed by atoms with van der Waals surface area (Å²) < 4.78 is 13.3. The van der Waals surface area contributed by atoms with Crippen LogP contribution in [0.2, 0.25) is 5.02 Å². The summed E-state index contributed by atoms with van der Waals surface area (Å²) in [6, 6.07) is 2.77. The van der Waals surface area contributed by atoms with Crippen LogP contribution in [0.15, 0.2) is 12.1 Å². The molecule has 4 heteroatoms. The van der Waals surface area contributed by atoms with E-state index in [1.54, 1.807) is 0 Å². The van der Waals surface area contributed by atoms with E-state index in [0.29, 0.717) is 17.3 Å². The van der Waals surface area contributed by atoms with E-state index >= 15 is 0 Å². The summed E-state index contributed by atoms with van der Waals surface area (Å²) in [5, 5.41) is 3.23. The first kappa shape index (κ1) is 14.1. The fourth-order valence-corrected chi connectivity index (χ4v) is 1.41. The summed E-state index contributed by atoms with van der Waals surface area (Å²) in [4.78, 5) is 0. The molecule has 0 aliphatic heterocycles. The van der Waals surface area contributed by atoms with Crippen molar-refractivity contribution in [3.05, 3.63) is 23.0 Å². The number of benzene rings is 1. The average molecular weight is 259 g/mol. The average Bonchev–Trinajstić information content (AvgIpc) is 2.21. The van der Waals surface area contributed by atoms with Crippen molar-refractivity contribution in [2.75, 3.05) is 17.6 Å². The van der Waals surface area contributed by atoms with E-state index in [1.807, 2.05) is 0 Å². The Morgan fingerprint density at radius 2 is 2.00 bits per heavy atom. The van der Waals surface area contributed by atoms with Crippen molar-refractivity contribution in [3.63, 3.8) is 0 Å². The van der Waals surface area contributed by atoms with Crippen LogP contribution in [0.4, 0.5) is 15.8 Å². The van der Waals surface area contributed by atoms with Crippen LogP contribution >= 0.6 is 11.6 Å². The number of rotatable bonds is 4. The lowest BCUT2D eigenvalue weighted by atomic mass is 9.81. The Balaban J connectivity index is 2.80. The molecule has 0 spiro atoms. The van der Waals surface area contributed by atoms with Gasteiger partial charge in [-0.1, -0.05) is 39.3 Å². The number of nitrogen functional groups attached to an aromatic ring is 1. The van der Waals surface area contributed by atoms with Gasteiger partial charge in [-0.05, 0) is 17.4 Å². The number of hydrogen-bond acceptors (Lipinski definition) is 2. The molecule has 0 unspecified atom stereocenters. The van der Waals surface area contributed by atoms with Gasteiger partial charge < -0.3 is 11.1 Å². The Bertz CT molecular complexity index is 403. The van der Waals surface area contributed by atoms with E-state index in [9.17, 15) is 4.39 Å². The molecule has 0 heterocycles. The van der Waals surface area contributed by atoms with Crippen LogP contribution < -0.4 is 11.1 Å². The van der Waals surface area contributed by atoms with Gasteiger partial charge in [0.2, 0.25) is 0 Å². The van der Waals surface area contributed by atoms with Gasteiger partial charge in [-0.25, -0.2) is 4.39 Å². The second-order valence-corrected chi connectivity index (χ2v) is 5.76. The number of hydrogen-bond donors (Lipinski definition) is 2. The van der Waals surface area contributed by atoms with Gasteiger partial charge in [-0.3, -0.25) is 0 Å². The minimum atomic E-state index is -0.453. The molecule has 1 aromatic rings. The Morgan fingerprint density at radius 3 is 2.53 bits per heavy atom. The first-order valence-electron chi connectivity index (χ1n) is 5.72. The van der Waals surface area contributed by atoms with E-state index in [1.165, 1.54) is 12.1 Å². The zero-order valence-electron chi connectivity index (χ0n) is 10.8. The van der Waals surface area contributed by atoms with Crippen molar-refractivity contribution in [3.8, 4) is 0 Å². The second kappa shape index (κ2) is 5.13. The molecule has 0 saturated heterocycles. The molecule has 0 bridgehead atoms. The smallest absolute Gasteiger partial charge is 0.143 e. The highest BCUT2D eigenvalue weighted by atomic mass is 35.5. The van der Waals surface area contributed by atoms with Crippen molar-refractivity contribution in [2.24, 2.45) is 11.3 Å². The lowest BCUT2D eigenvalue weighted by molar-refractivity contribution is 0.270. The highest BCUT2D eigenvalue weighted by Crippen LogP contribution is 2.30. The highest BCUT2D eigenvalue weighted by molar-refractivity contribution is 6.31. The third-order valence-corrected chi connectivity index (χ3v) is 3.68. The topological polar surface area (TPSA) is 38.0 Å². The van der Waals surface area contributed by atoms with Gasteiger partial charge in [0.25, 0.3) is 0 Å². The molecular formula is C13H20ClFN2. The summed E-state index contributed by atoms with van der Waals surface area (Å²) in [7, 11) is 0. The van der Waals surface area contributed by atoms with Crippen LogP contribution in [-0.2, 0) is 0 Å². The van der Waals surface area contributed by atoms with Gasteiger partial charge in [0.05, 0.1) is 16.4 Å². The van der Waals surface area contributed by atoms with E-state index in [-0.39, 0.29) is 10.4 Å². The van der Waals surface area contributed by atoms with E-state index in [2.05, 4.69) is 33.0 Å². The predicted molar refractivity (Wildman–Crippen MR) is 72.9 cm³/mol. The number of nitrogens with one attached hydrogen (secondary N) is 1. The fraction of sp³-hybridized carbons (Fsp3) is 0.538. The van der Waals surface area contributed by atoms with Crippen LogP contribution in [0.5, 0.6) is 0 Å². The van der Waals surface area contributed by atoms with Gasteiger partial charge in [-0.2, -0.15) is 0 Å². The standard InChI is InChI=1S/C13H20ClFN2/c1-8(2)13(3,4)7-17-12-6-10(15)9(14)5-11(12)16/h5-6,8,17H,7,16H2,1-4H3. The first-order valence-corrected chi connectivity index (χ1v) is 6.10. The quantitative estimate of drug-likeness (QED) is 0.796. The molecular weight excluding hydrogens is 239 g/mol. The van der Waals surface area contributed by atoms with Crippen molar-refractivity contribution < 1.29 is 4.39 Å². The molecule has 0 amide bonds. The van der Waals surface area contributed by atoms with E-state index < -0.39 is 5.82 Å².